The molecule has 0 saturated carbocycles. The van der Waals surface area contributed by atoms with Crippen LogP contribution >= 0.6 is 0 Å². The maximum atomic E-state index is 2.23. The molecule has 0 fully saturated rings. The molecule has 0 aliphatic carbocycles. The molecule has 0 aliphatic rings. The maximum Gasteiger partial charge on any atom is -0.00244 e. The summed E-state index contributed by atoms with van der Waals surface area (Å²) in [4.78, 5) is 4.46. The SMILES string of the molecule is CC.CN(C)CCCCN(C)C. The highest BCUT2D eigenvalue weighted by molar-refractivity contribution is 4.48. The summed E-state index contributed by atoms with van der Waals surface area (Å²) >= 11 is 0. The fourth-order valence-corrected chi connectivity index (χ4v) is 0.856. The van der Waals surface area contributed by atoms with E-state index in [2.05, 4.69) is 38.0 Å². The van der Waals surface area contributed by atoms with Crippen LogP contribution in [0.5, 0.6) is 0 Å². The van der Waals surface area contributed by atoms with Crippen molar-refractivity contribution >= 4 is 0 Å². The van der Waals surface area contributed by atoms with Gasteiger partial charge in [-0.15, -0.1) is 0 Å². The molecule has 0 unspecified atom stereocenters. The van der Waals surface area contributed by atoms with Crippen molar-refractivity contribution in [1.82, 2.24) is 9.80 Å². The fraction of sp³-hybridized carbons (Fsp3) is 1.00. The van der Waals surface area contributed by atoms with Crippen LogP contribution in [0, 0.1) is 0 Å². The van der Waals surface area contributed by atoms with E-state index in [1.54, 1.807) is 0 Å². The maximum absolute atomic E-state index is 2.23. The molecule has 0 aromatic rings. The van der Waals surface area contributed by atoms with Gasteiger partial charge in [-0.25, -0.2) is 0 Å². The summed E-state index contributed by atoms with van der Waals surface area (Å²) in [6.07, 6.45) is 2.62. The predicted octanol–water partition coefficient (Wildman–Crippen LogP) is 1.92. The van der Waals surface area contributed by atoms with Gasteiger partial charge >= 0.3 is 0 Å². The van der Waals surface area contributed by atoms with Crippen LogP contribution in [0.4, 0.5) is 0 Å². The highest BCUT2D eigenvalue weighted by Gasteiger charge is 1.91. The third-order valence-electron chi connectivity index (χ3n) is 1.46. The topological polar surface area (TPSA) is 6.48 Å². The molecular weight excluding hydrogens is 148 g/mol. The number of hydrogen-bond acceptors (Lipinski definition) is 2. The summed E-state index contributed by atoms with van der Waals surface area (Å²) in [5, 5.41) is 0. The van der Waals surface area contributed by atoms with E-state index < -0.39 is 0 Å². The summed E-state index contributed by atoms with van der Waals surface area (Å²) in [6, 6.07) is 0. The molecule has 0 amide bonds. The van der Waals surface area contributed by atoms with E-state index >= 15 is 0 Å². The first-order chi connectivity index (χ1) is 5.63. The summed E-state index contributed by atoms with van der Waals surface area (Å²) in [6.45, 7) is 6.43. The number of unbranched alkanes of at least 4 members (excludes halogenated alkanes) is 1. The number of hydrogen-bond donors (Lipinski definition) is 0. The smallest absolute Gasteiger partial charge is 0.00244 e. The van der Waals surface area contributed by atoms with Crippen molar-refractivity contribution in [3.63, 3.8) is 0 Å². The normalized spacial score (nSPS) is 10.0. The highest BCUT2D eigenvalue weighted by Crippen LogP contribution is 1.91. The van der Waals surface area contributed by atoms with Gasteiger partial charge in [0.15, 0.2) is 0 Å². The molecule has 0 spiro atoms. The average molecular weight is 174 g/mol. The van der Waals surface area contributed by atoms with Gasteiger partial charge in [0, 0.05) is 0 Å². The van der Waals surface area contributed by atoms with Gasteiger partial charge in [-0.3, -0.25) is 0 Å². The van der Waals surface area contributed by atoms with Crippen LogP contribution in [0.1, 0.15) is 26.7 Å². The zero-order valence-corrected chi connectivity index (χ0v) is 9.72. The predicted molar refractivity (Wildman–Crippen MR) is 57.7 cm³/mol. The van der Waals surface area contributed by atoms with Crippen molar-refractivity contribution in [1.29, 1.82) is 0 Å². The van der Waals surface area contributed by atoms with E-state index in [0.717, 1.165) is 0 Å². The molecule has 76 valence electrons. The Morgan fingerprint density at radius 2 is 0.917 bits per heavy atom. The van der Waals surface area contributed by atoms with Crippen LogP contribution < -0.4 is 0 Å². The fourth-order valence-electron chi connectivity index (χ4n) is 0.856. The lowest BCUT2D eigenvalue weighted by Crippen LogP contribution is -2.17. The van der Waals surface area contributed by atoms with Crippen LogP contribution in [0.2, 0.25) is 0 Å². The van der Waals surface area contributed by atoms with Crippen LogP contribution in [0.15, 0.2) is 0 Å². The second kappa shape index (κ2) is 10.9. The van der Waals surface area contributed by atoms with E-state index in [4.69, 9.17) is 0 Å². The molecule has 2 nitrogen and oxygen atoms in total. The molecule has 0 heterocycles. The van der Waals surface area contributed by atoms with Crippen molar-refractivity contribution in [2.75, 3.05) is 41.3 Å². The Labute approximate surface area is 78.5 Å². The highest BCUT2D eigenvalue weighted by atomic mass is 15.1. The Hall–Kier alpha value is -0.0800. The molecule has 0 N–H and O–H groups in total. The van der Waals surface area contributed by atoms with Gasteiger partial charge in [0.25, 0.3) is 0 Å². The monoisotopic (exact) mass is 174 g/mol. The van der Waals surface area contributed by atoms with Crippen molar-refractivity contribution in [3.8, 4) is 0 Å². The van der Waals surface area contributed by atoms with Gasteiger partial charge in [0.2, 0.25) is 0 Å². The first kappa shape index (κ1) is 14.4. The van der Waals surface area contributed by atoms with Crippen molar-refractivity contribution < 1.29 is 0 Å². The molecule has 12 heavy (non-hydrogen) atoms. The van der Waals surface area contributed by atoms with Gasteiger partial charge in [-0.05, 0) is 54.1 Å². The number of rotatable bonds is 5. The van der Waals surface area contributed by atoms with Crippen LogP contribution in [0.25, 0.3) is 0 Å². The first-order valence-electron chi connectivity index (χ1n) is 4.92. The minimum absolute atomic E-state index is 1.22. The molecule has 0 radical (unpaired) electrons. The van der Waals surface area contributed by atoms with E-state index in [0.29, 0.717) is 0 Å². The molecular formula is C10H26N2. The summed E-state index contributed by atoms with van der Waals surface area (Å²) in [5.74, 6) is 0. The number of nitrogens with zero attached hydrogens (tertiary/aromatic N) is 2. The van der Waals surface area contributed by atoms with Gasteiger partial charge in [-0.2, -0.15) is 0 Å². The van der Waals surface area contributed by atoms with Crippen LogP contribution in [-0.2, 0) is 0 Å². The van der Waals surface area contributed by atoms with Gasteiger partial charge < -0.3 is 9.80 Å². The lowest BCUT2D eigenvalue weighted by atomic mass is 10.3. The summed E-state index contributed by atoms with van der Waals surface area (Å²) < 4.78 is 0. The average Bonchev–Trinajstić information content (AvgIpc) is 2.02. The quantitative estimate of drug-likeness (QED) is 0.588. The van der Waals surface area contributed by atoms with Crippen LogP contribution in [-0.4, -0.2) is 51.1 Å². The van der Waals surface area contributed by atoms with E-state index in [-0.39, 0.29) is 0 Å². The summed E-state index contributed by atoms with van der Waals surface area (Å²) in [5.41, 5.74) is 0. The standard InChI is InChI=1S/C8H20N2.C2H6/c1-9(2)7-5-6-8-10(3)4;1-2/h5-8H2,1-4H3;1-2H3. The zero-order valence-electron chi connectivity index (χ0n) is 9.72. The van der Waals surface area contributed by atoms with Gasteiger partial charge in [-0.1, -0.05) is 13.8 Å². The molecule has 0 aromatic carbocycles. The van der Waals surface area contributed by atoms with Crippen LogP contribution in [0.3, 0.4) is 0 Å². The molecule has 2 heteroatoms. The second-order valence-electron chi connectivity index (χ2n) is 3.31. The minimum Gasteiger partial charge on any atom is -0.309 e. The van der Waals surface area contributed by atoms with Crippen molar-refractivity contribution in [2.24, 2.45) is 0 Å². The molecule has 0 aromatic heterocycles. The van der Waals surface area contributed by atoms with Crippen molar-refractivity contribution in [3.05, 3.63) is 0 Å². The first-order valence-corrected chi connectivity index (χ1v) is 4.92. The lowest BCUT2D eigenvalue weighted by Gasteiger charge is -2.11. The molecule has 0 saturated heterocycles. The molecule has 0 bridgehead atoms. The second-order valence-corrected chi connectivity index (χ2v) is 3.31. The Morgan fingerprint density at radius 1 is 0.667 bits per heavy atom. The largest absolute Gasteiger partial charge is 0.309 e. The summed E-state index contributed by atoms with van der Waals surface area (Å²) in [7, 11) is 8.48. The third-order valence-corrected chi connectivity index (χ3v) is 1.46. The Morgan fingerprint density at radius 3 is 1.08 bits per heavy atom. The molecule has 0 atom stereocenters. The van der Waals surface area contributed by atoms with Gasteiger partial charge in [0.1, 0.15) is 0 Å². The van der Waals surface area contributed by atoms with Crippen molar-refractivity contribution in [2.45, 2.75) is 26.7 Å². The molecule has 0 rings (SSSR count). The van der Waals surface area contributed by atoms with E-state index in [1.165, 1.54) is 25.9 Å². The van der Waals surface area contributed by atoms with E-state index in [9.17, 15) is 0 Å². The van der Waals surface area contributed by atoms with E-state index in [1.807, 2.05) is 13.8 Å². The Bertz CT molecular complexity index is 60.2. The zero-order chi connectivity index (χ0) is 9.98. The molecule has 0 aliphatic heterocycles. The lowest BCUT2D eigenvalue weighted by molar-refractivity contribution is 0.354. The third kappa shape index (κ3) is 16.5. The van der Waals surface area contributed by atoms with Gasteiger partial charge in [0.05, 0.1) is 0 Å². The Balaban J connectivity index is 0. The Kier molecular flexibility index (Phi) is 13.1. The minimum atomic E-state index is 1.22.